The second-order valence-corrected chi connectivity index (χ2v) is 11.4. The minimum absolute atomic E-state index is 0.0112. The van der Waals surface area contributed by atoms with Gasteiger partial charge in [-0.3, -0.25) is 19.2 Å². The van der Waals surface area contributed by atoms with Gasteiger partial charge < -0.3 is 14.9 Å². The molecule has 0 unspecified atom stereocenters. The number of halogens is 2. The van der Waals surface area contributed by atoms with Gasteiger partial charge in [0.15, 0.2) is 0 Å². The van der Waals surface area contributed by atoms with Crippen molar-refractivity contribution in [2.45, 2.75) is 51.2 Å². The molecule has 5 rings (SSSR count). The van der Waals surface area contributed by atoms with Gasteiger partial charge in [-0.2, -0.15) is 0 Å². The Labute approximate surface area is 235 Å². The Morgan fingerprint density at radius 1 is 1.15 bits per heavy atom. The summed E-state index contributed by atoms with van der Waals surface area (Å²) < 4.78 is 29.1. The maximum absolute atomic E-state index is 14.3. The summed E-state index contributed by atoms with van der Waals surface area (Å²) in [6, 6.07) is 6.04. The summed E-state index contributed by atoms with van der Waals surface area (Å²) in [4.78, 5) is 51.3. The van der Waals surface area contributed by atoms with Crippen LogP contribution in [0.1, 0.15) is 37.6 Å². The number of fused-ring (bicyclic) bond motifs is 1. The monoisotopic (exact) mass is 566 g/mol. The van der Waals surface area contributed by atoms with Crippen LogP contribution in [0.15, 0.2) is 53.7 Å². The van der Waals surface area contributed by atoms with E-state index in [2.05, 4.69) is 9.97 Å². The highest BCUT2D eigenvalue weighted by Gasteiger charge is 2.41. The van der Waals surface area contributed by atoms with Crippen LogP contribution in [0.4, 0.5) is 19.3 Å². The molecule has 4 heterocycles. The molecule has 0 spiro atoms. The number of carboxylic acid groups (broad SMARTS) is 1. The largest absolute Gasteiger partial charge is 0.465 e. The van der Waals surface area contributed by atoms with Crippen LogP contribution in [0.5, 0.6) is 0 Å². The van der Waals surface area contributed by atoms with Gasteiger partial charge in [0.25, 0.3) is 0 Å². The number of carbonyl (C=O) groups is 2. The van der Waals surface area contributed by atoms with Crippen LogP contribution in [0.3, 0.4) is 0 Å². The molecule has 1 fully saturated rings. The van der Waals surface area contributed by atoms with Crippen LogP contribution in [-0.4, -0.2) is 79.7 Å². The second-order valence-electron chi connectivity index (χ2n) is 11.4. The first-order valence-electron chi connectivity index (χ1n) is 13.4. The number of pyridine rings is 1. The van der Waals surface area contributed by atoms with Crippen molar-refractivity contribution in [1.82, 2.24) is 24.3 Å². The number of rotatable bonds is 6. The Kier molecular flexibility index (Phi) is 7.60. The Hall–Kier alpha value is -4.19. The average molecular weight is 567 g/mol. The zero-order chi connectivity index (χ0) is 29.5. The first-order valence-corrected chi connectivity index (χ1v) is 13.4. The van der Waals surface area contributed by atoms with Gasteiger partial charge in [0.05, 0.1) is 12.2 Å². The maximum atomic E-state index is 14.3. The third-order valence-corrected chi connectivity index (χ3v) is 7.93. The van der Waals surface area contributed by atoms with Crippen LogP contribution in [0, 0.1) is 11.6 Å². The molecule has 2 aliphatic rings. The Morgan fingerprint density at radius 2 is 1.93 bits per heavy atom. The Balaban J connectivity index is 1.40. The lowest BCUT2D eigenvalue weighted by molar-refractivity contribution is -0.121. The van der Waals surface area contributed by atoms with Crippen molar-refractivity contribution >= 4 is 17.7 Å². The highest BCUT2D eigenvalue weighted by atomic mass is 19.1. The molecule has 3 aromatic rings. The topological polar surface area (TPSA) is 112 Å². The van der Waals surface area contributed by atoms with Crippen molar-refractivity contribution in [2.24, 2.45) is 0 Å². The lowest BCUT2D eigenvalue weighted by atomic mass is 9.88. The Morgan fingerprint density at radius 3 is 2.63 bits per heavy atom. The van der Waals surface area contributed by atoms with E-state index in [1.165, 1.54) is 27.8 Å². The molecule has 0 bridgehead atoms. The second kappa shape index (κ2) is 11.0. The van der Waals surface area contributed by atoms with E-state index in [1.807, 2.05) is 18.7 Å². The molecule has 1 aromatic carbocycles. The number of benzene rings is 1. The molecule has 0 radical (unpaired) electrons. The van der Waals surface area contributed by atoms with Gasteiger partial charge >= 0.3 is 11.8 Å². The zero-order valence-corrected chi connectivity index (χ0v) is 23.1. The lowest BCUT2D eigenvalue weighted by Gasteiger charge is -2.44. The van der Waals surface area contributed by atoms with E-state index in [1.54, 1.807) is 36.4 Å². The van der Waals surface area contributed by atoms with E-state index in [0.29, 0.717) is 30.0 Å². The molecule has 2 aromatic heterocycles. The number of piperazine rings is 1. The third-order valence-electron chi connectivity index (χ3n) is 7.93. The van der Waals surface area contributed by atoms with Crippen molar-refractivity contribution in [3.05, 3.63) is 87.9 Å². The maximum Gasteiger partial charge on any atom is 0.407 e. The predicted octanol–water partition coefficient (Wildman–Crippen LogP) is 2.88. The van der Waals surface area contributed by atoms with Crippen LogP contribution in [0.25, 0.3) is 0 Å². The minimum atomic E-state index is -1.06. The molecule has 1 N–H and O–H groups in total. The normalized spacial score (nSPS) is 20.2. The van der Waals surface area contributed by atoms with Crippen molar-refractivity contribution in [1.29, 1.82) is 0 Å². The average Bonchev–Trinajstić information content (AvgIpc) is 3.18. The molecule has 2 aliphatic heterocycles. The van der Waals surface area contributed by atoms with Crippen LogP contribution in [-0.2, 0) is 23.2 Å². The summed E-state index contributed by atoms with van der Waals surface area (Å²) >= 11 is 0. The van der Waals surface area contributed by atoms with Crippen LogP contribution < -0.4 is 10.6 Å². The van der Waals surface area contributed by atoms with Gasteiger partial charge in [-0.15, -0.1) is 0 Å². The molecule has 0 aliphatic carbocycles. The fraction of sp³-hybridized carbons (Fsp3) is 0.414. The number of nitrogens with zero attached hydrogens (tertiary/aromatic N) is 6. The van der Waals surface area contributed by atoms with E-state index in [0.717, 1.165) is 11.6 Å². The Bertz CT molecular complexity index is 1540. The van der Waals surface area contributed by atoms with Crippen LogP contribution >= 0.6 is 0 Å². The van der Waals surface area contributed by atoms with Gasteiger partial charge in [0, 0.05) is 86.0 Å². The first kappa shape index (κ1) is 28.3. The molecular formula is C29H32F2N6O4. The number of aromatic nitrogens is 3. The van der Waals surface area contributed by atoms with E-state index in [9.17, 15) is 28.3 Å². The van der Waals surface area contributed by atoms with Gasteiger partial charge in [0.2, 0.25) is 5.91 Å². The molecule has 216 valence electrons. The number of hydrogen-bond donors (Lipinski definition) is 1. The summed E-state index contributed by atoms with van der Waals surface area (Å²) in [6.45, 7) is 6.87. The van der Waals surface area contributed by atoms with Gasteiger partial charge in [-0.1, -0.05) is 19.9 Å². The summed E-state index contributed by atoms with van der Waals surface area (Å²) in [5.41, 5.74) is 1.58. The predicted molar refractivity (Wildman–Crippen MR) is 147 cm³/mol. The molecule has 2 amide bonds. The molecule has 12 heteroatoms. The van der Waals surface area contributed by atoms with Crippen molar-refractivity contribution in [3.8, 4) is 0 Å². The number of carbonyl (C=O) groups excluding carboxylic acids is 1. The first-order chi connectivity index (χ1) is 19.4. The molecule has 10 nitrogen and oxygen atoms in total. The fourth-order valence-electron chi connectivity index (χ4n) is 5.73. The highest BCUT2D eigenvalue weighted by molar-refractivity contribution is 5.97. The quantitative estimate of drug-likeness (QED) is 0.489. The van der Waals surface area contributed by atoms with Crippen molar-refractivity contribution < 1.29 is 23.5 Å². The zero-order valence-electron chi connectivity index (χ0n) is 23.1. The fourth-order valence-corrected chi connectivity index (χ4v) is 5.73. The van der Waals surface area contributed by atoms with Crippen molar-refractivity contribution in [3.63, 3.8) is 0 Å². The van der Waals surface area contributed by atoms with E-state index >= 15 is 0 Å². The van der Waals surface area contributed by atoms with Crippen LogP contribution in [0.2, 0.25) is 0 Å². The van der Waals surface area contributed by atoms with E-state index in [4.69, 9.17) is 0 Å². The van der Waals surface area contributed by atoms with E-state index < -0.39 is 29.5 Å². The van der Waals surface area contributed by atoms with Gasteiger partial charge in [-0.25, -0.2) is 23.4 Å². The highest BCUT2D eigenvalue weighted by Crippen LogP contribution is 2.40. The molecule has 2 atom stereocenters. The summed E-state index contributed by atoms with van der Waals surface area (Å²) in [7, 11) is 0. The lowest BCUT2D eigenvalue weighted by Crippen LogP contribution is -2.61. The summed E-state index contributed by atoms with van der Waals surface area (Å²) in [5.74, 6) is -1.49. The molecule has 1 saturated heterocycles. The molecular weight excluding hydrogens is 534 g/mol. The molecule has 41 heavy (non-hydrogen) atoms. The molecule has 0 saturated carbocycles. The smallest absolute Gasteiger partial charge is 0.407 e. The minimum Gasteiger partial charge on any atom is -0.465 e. The van der Waals surface area contributed by atoms with Gasteiger partial charge in [-0.05, 0) is 30.7 Å². The summed E-state index contributed by atoms with van der Waals surface area (Å²) in [6.07, 6.45) is 3.78. The van der Waals surface area contributed by atoms with Gasteiger partial charge in [0.1, 0.15) is 11.6 Å². The van der Waals surface area contributed by atoms with E-state index in [-0.39, 0.29) is 43.4 Å². The standard InChI is InChI=1S/C29H32F2N6O4/c1-18-13-35(22(15-36(18)28(40)41)14-34-8-4-7-32-27(34)39)16-26(38)37-17-29(2,3)23-12-33-21(11-25(23)37)9-19-5-6-20(30)10-24(19)31/h4-8,10-12,18,22H,9,13-17H2,1-3H3,(H,40,41)/t18-,22+/m1/s1. The number of amides is 2. The third kappa shape index (κ3) is 5.83. The summed E-state index contributed by atoms with van der Waals surface area (Å²) in [5, 5.41) is 9.72. The SMILES string of the molecule is C[C@@H]1CN(CC(=O)N2CC(C)(C)c3cnc(Cc4ccc(F)cc4F)cc32)[C@@H](Cn2cccnc2=O)CN1C(=O)O. The number of hydrogen-bond acceptors (Lipinski definition) is 6. The number of anilines is 1. The van der Waals surface area contributed by atoms with Crippen molar-refractivity contribution in [2.75, 3.05) is 31.1 Å².